The number of benzene rings is 1. The van der Waals surface area contributed by atoms with Crippen LogP contribution in [0.4, 0.5) is 0 Å². The van der Waals surface area contributed by atoms with E-state index in [-0.39, 0.29) is 11.7 Å². The summed E-state index contributed by atoms with van der Waals surface area (Å²) in [6.45, 7) is 7.52. The van der Waals surface area contributed by atoms with E-state index >= 15 is 0 Å². The lowest BCUT2D eigenvalue weighted by atomic mass is 10.0. The molecule has 1 amide bonds. The third-order valence-corrected chi connectivity index (χ3v) is 3.06. The Morgan fingerprint density at radius 1 is 1.28 bits per heavy atom. The van der Waals surface area contributed by atoms with Gasteiger partial charge >= 0.3 is 0 Å². The molecule has 1 N–H and O–H groups in total. The number of carbonyl (C=O) groups is 2. The molecule has 0 aliphatic carbocycles. The minimum absolute atomic E-state index is 0.0596. The molecule has 1 rings (SSSR count). The molecule has 1 atom stereocenters. The highest BCUT2D eigenvalue weighted by molar-refractivity contribution is 5.89. The highest BCUT2D eigenvalue weighted by Crippen LogP contribution is 2.11. The van der Waals surface area contributed by atoms with Crippen molar-refractivity contribution in [3.05, 3.63) is 34.9 Å². The summed E-state index contributed by atoms with van der Waals surface area (Å²) < 4.78 is 0. The van der Waals surface area contributed by atoms with Gasteiger partial charge in [-0.1, -0.05) is 30.7 Å². The van der Waals surface area contributed by atoms with Crippen LogP contribution in [-0.2, 0) is 16.0 Å². The number of amides is 1. The summed E-state index contributed by atoms with van der Waals surface area (Å²) in [5, 5.41) is 2.74. The van der Waals surface area contributed by atoms with Gasteiger partial charge in [0.2, 0.25) is 5.91 Å². The van der Waals surface area contributed by atoms with E-state index in [9.17, 15) is 9.59 Å². The number of aryl methyl sites for hydroxylation is 2. The lowest BCUT2D eigenvalue weighted by Crippen LogP contribution is -2.39. The van der Waals surface area contributed by atoms with Crippen LogP contribution in [0.3, 0.4) is 0 Å². The minimum atomic E-state index is -0.396. The van der Waals surface area contributed by atoms with Crippen LogP contribution in [0.15, 0.2) is 18.2 Å². The van der Waals surface area contributed by atoms with Crippen molar-refractivity contribution in [1.82, 2.24) is 5.32 Å². The van der Waals surface area contributed by atoms with Gasteiger partial charge in [-0.15, -0.1) is 0 Å². The van der Waals surface area contributed by atoms with E-state index in [1.165, 1.54) is 0 Å². The van der Waals surface area contributed by atoms with Crippen molar-refractivity contribution < 1.29 is 9.59 Å². The Balaban J connectivity index is 2.65. The first-order valence-electron chi connectivity index (χ1n) is 6.32. The van der Waals surface area contributed by atoms with Crippen molar-refractivity contribution in [1.29, 1.82) is 0 Å². The molecular weight excluding hydrogens is 226 g/mol. The molecule has 0 radical (unpaired) electrons. The van der Waals surface area contributed by atoms with E-state index in [0.717, 1.165) is 16.7 Å². The zero-order chi connectivity index (χ0) is 13.7. The Hall–Kier alpha value is -1.64. The maximum atomic E-state index is 11.8. The van der Waals surface area contributed by atoms with Crippen molar-refractivity contribution in [2.45, 2.75) is 46.6 Å². The number of hydrogen-bond acceptors (Lipinski definition) is 2. The predicted octanol–water partition coefficient (Wildman–Crippen LogP) is 2.33. The van der Waals surface area contributed by atoms with Gasteiger partial charge in [0.15, 0.2) is 5.78 Å². The Bertz CT molecular complexity index is 452. The number of hydrogen-bond donors (Lipinski definition) is 1. The summed E-state index contributed by atoms with van der Waals surface area (Å²) in [6, 6.07) is 5.66. The normalized spacial score (nSPS) is 12.0. The zero-order valence-corrected chi connectivity index (χ0v) is 11.5. The maximum absolute atomic E-state index is 11.8. The van der Waals surface area contributed by atoms with Crippen molar-refractivity contribution in [3.63, 3.8) is 0 Å². The van der Waals surface area contributed by atoms with E-state index in [2.05, 4.69) is 5.32 Å². The number of ketones is 1. The first-order valence-corrected chi connectivity index (χ1v) is 6.32. The number of Topliss-reactive ketones (excluding diaryl/α,β-unsaturated/α-hetero) is 1. The second-order valence-electron chi connectivity index (χ2n) is 4.72. The maximum Gasteiger partial charge on any atom is 0.225 e. The molecule has 0 saturated heterocycles. The molecule has 0 heterocycles. The molecule has 1 unspecified atom stereocenters. The van der Waals surface area contributed by atoms with Crippen molar-refractivity contribution in [3.8, 4) is 0 Å². The first kappa shape index (κ1) is 14.4. The fourth-order valence-electron chi connectivity index (χ4n) is 1.84. The molecule has 1 aromatic carbocycles. The van der Waals surface area contributed by atoms with Crippen molar-refractivity contribution >= 4 is 11.7 Å². The van der Waals surface area contributed by atoms with Crippen LogP contribution < -0.4 is 5.32 Å². The van der Waals surface area contributed by atoms with Gasteiger partial charge in [-0.2, -0.15) is 0 Å². The highest BCUT2D eigenvalue weighted by Gasteiger charge is 2.14. The predicted molar refractivity (Wildman–Crippen MR) is 72.5 cm³/mol. The lowest BCUT2D eigenvalue weighted by molar-refractivity contribution is -0.126. The summed E-state index contributed by atoms with van der Waals surface area (Å²) in [6.07, 6.45) is 0.778. The topological polar surface area (TPSA) is 46.2 Å². The van der Waals surface area contributed by atoms with E-state index in [4.69, 9.17) is 0 Å². The molecule has 0 bridgehead atoms. The Morgan fingerprint density at radius 3 is 2.56 bits per heavy atom. The monoisotopic (exact) mass is 247 g/mol. The van der Waals surface area contributed by atoms with Crippen LogP contribution in [0.1, 0.15) is 37.0 Å². The summed E-state index contributed by atoms with van der Waals surface area (Å²) in [5.41, 5.74) is 3.26. The lowest BCUT2D eigenvalue weighted by Gasteiger charge is -2.13. The molecule has 0 aliphatic rings. The summed E-state index contributed by atoms with van der Waals surface area (Å²) >= 11 is 0. The molecule has 18 heavy (non-hydrogen) atoms. The molecule has 0 aliphatic heterocycles. The number of carbonyl (C=O) groups excluding carboxylic acids is 2. The third-order valence-electron chi connectivity index (χ3n) is 3.06. The quantitative estimate of drug-likeness (QED) is 0.868. The van der Waals surface area contributed by atoms with Crippen LogP contribution >= 0.6 is 0 Å². The Morgan fingerprint density at radius 2 is 1.94 bits per heavy atom. The van der Waals surface area contributed by atoms with E-state index in [1.807, 2.05) is 32.0 Å². The molecular formula is C15H21NO2. The second-order valence-corrected chi connectivity index (χ2v) is 4.72. The summed E-state index contributed by atoms with van der Waals surface area (Å²) in [4.78, 5) is 23.2. The second kappa shape index (κ2) is 6.34. The van der Waals surface area contributed by atoms with Gasteiger partial charge in [0.1, 0.15) is 0 Å². The molecule has 0 aromatic heterocycles. The average Bonchev–Trinajstić information content (AvgIpc) is 2.32. The van der Waals surface area contributed by atoms with Crippen LogP contribution in [0.25, 0.3) is 0 Å². The smallest absolute Gasteiger partial charge is 0.225 e. The molecule has 1 aromatic rings. The van der Waals surface area contributed by atoms with Gasteiger partial charge in [0.25, 0.3) is 0 Å². The Labute approximate surface area is 109 Å². The van der Waals surface area contributed by atoms with Gasteiger partial charge in [-0.25, -0.2) is 0 Å². The molecule has 0 fully saturated rings. The molecule has 0 spiro atoms. The largest absolute Gasteiger partial charge is 0.346 e. The van der Waals surface area contributed by atoms with Gasteiger partial charge in [-0.3, -0.25) is 9.59 Å². The third kappa shape index (κ3) is 3.99. The highest BCUT2D eigenvalue weighted by atomic mass is 16.2. The van der Waals surface area contributed by atoms with E-state index in [1.54, 1.807) is 13.8 Å². The van der Waals surface area contributed by atoms with Crippen LogP contribution in [0, 0.1) is 13.8 Å². The molecule has 3 nitrogen and oxygen atoms in total. The Kier molecular flexibility index (Phi) is 5.08. The summed E-state index contributed by atoms with van der Waals surface area (Å²) in [7, 11) is 0. The van der Waals surface area contributed by atoms with Crippen molar-refractivity contribution in [2.75, 3.05) is 0 Å². The first-order chi connectivity index (χ1) is 8.43. The van der Waals surface area contributed by atoms with Crippen molar-refractivity contribution in [2.24, 2.45) is 0 Å². The van der Waals surface area contributed by atoms with Gasteiger partial charge in [0.05, 0.1) is 12.5 Å². The molecule has 0 saturated carbocycles. The van der Waals surface area contributed by atoms with Crippen LogP contribution in [-0.4, -0.2) is 17.7 Å². The van der Waals surface area contributed by atoms with Gasteiger partial charge < -0.3 is 5.32 Å². The fourth-order valence-corrected chi connectivity index (χ4v) is 1.84. The van der Waals surface area contributed by atoms with Crippen LogP contribution in [0.5, 0.6) is 0 Å². The van der Waals surface area contributed by atoms with E-state index in [0.29, 0.717) is 12.8 Å². The summed E-state index contributed by atoms with van der Waals surface area (Å²) in [5.74, 6) is -0.0395. The van der Waals surface area contributed by atoms with Crippen LogP contribution in [0.2, 0.25) is 0 Å². The van der Waals surface area contributed by atoms with E-state index < -0.39 is 6.04 Å². The number of nitrogens with one attached hydrogen (secondary N) is 1. The molecule has 3 heteroatoms. The minimum Gasteiger partial charge on any atom is -0.346 e. The zero-order valence-electron chi connectivity index (χ0n) is 11.5. The van der Waals surface area contributed by atoms with Gasteiger partial charge in [0, 0.05) is 6.42 Å². The SMILES string of the molecule is CCC(=O)C(C)NC(=O)Cc1cc(C)ccc1C. The molecule has 98 valence electrons. The fraction of sp³-hybridized carbons (Fsp3) is 0.467. The average molecular weight is 247 g/mol. The number of rotatable bonds is 5. The standard InChI is InChI=1S/C15H21NO2/c1-5-14(17)12(4)16-15(18)9-13-8-10(2)6-7-11(13)3/h6-8,12H,5,9H2,1-4H3,(H,16,18). The van der Waals surface area contributed by atoms with Gasteiger partial charge in [-0.05, 0) is 31.9 Å².